The molecule has 0 radical (unpaired) electrons. The van der Waals surface area contributed by atoms with Crippen molar-refractivity contribution in [1.82, 2.24) is 4.90 Å². The second kappa shape index (κ2) is 9.68. The number of carbonyl (C=O) groups is 1. The van der Waals surface area contributed by atoms with Crippen LogP contribution in [0.25, 0.3) is 0 Å². The van der Waals surface area contributed by atoms with Crippen molar-refractivity contribution >= 4 is 5.91 Å². The number of rotatable bonds is 8. The number of carbonyl (C=O) groups excluding carboxylic acids is 1. The summed E-state index contributed by atoms with van der Waals surface area (Å²) in [6.45, 7) is 5.17. The summed E-state index contributed by atoms with van der Waals surface area (Å²) >= 11 is 0. The van der Waals surface area contributed by atoms with E-state index in [4.69, 9.17) is 10.5 Å². The Labute approximate surface area is 140 Å². The summed E-state index contributed by atoms with van der Waals surface area (Å²) in [5.74, 6) is 0.833. The Kier molecular flexibility index (Phi) is 7.56. The van der Waals surface area contributed by atoms with Gasteiger partial charge in [-0.15, -0.1) is 0 Å². The van der Waals surface area contributed by atoms with Gasteiger partial charge in [0.05, 0.1) is 6.61 Å². The molecule has 4 nitrogen and oxygen atoms in total. The third-order valence-electron chi connectivity index (χ3n) is 4.69. The first-order valence-corrected chi connectivity index (χ1v) is 8.82. The SMILES string of the molecule is CC(N)C1CCN(C(=O)CCCOCCc2ccccc2)CC1. The largest absolute Gasteiger partial charge is 0.381 e. The number of piperidine rings is 1. The maximum Gasteiger partial charge on any atom is 0.222 e. The standard InChI is InChI=1S/C19H30N2O2/c1-16(20)18-9-12-21(13-10-18)19(22)8-5-14-23-15-11-17-6-3-2-4-7-17/h2-4,6-7,16,18H,5,8-15,20H2,1H3. The fourth-order valence-electron chi connectivity index (χ4n) is 3.09. The van der Waals surface area contributed by atoms with Gasteiger partial charge in [0, 0.05) is 32.2 Å². The Morgan fingerprint density at radius 2 is 1.96 bits per heavy atom. The normalized spacial score (nSPS) is 17.2. The lowest BCUT2D eigenvalue weighted by Gasteiger charge is -2.33. The molecule has 0 aliphatic carbocycles. The highest BCUT2D eigenvalue weighted by Gasteiger charge is 2.24. The monoisotopic (exact) mass is 318 g/mol. The van der Waals surface area contributed by atoms with Crippen LogP contribution < -0.4 is 5.73 Å². The number of ether oxygens (including phenoxy) is 1. The highest BCUT2D eigenvalue weighted by molar-refractivity contribution is 5.76. The van der Waals surface area contributed by atoms with Crippen molar-refractivity contribution in [3.8, 4) is 0 Å². The zero-order valence-corrected chi connectivity index (χ0v) is 14.2. The van der Waals surface area contributed by atoms with Gasteiger partial charge in [0.2, 0.25) is 5.91 Å². The van der Waals surface area contributed by atoms with E-state index in [1.807, 2.05) is 23.1 Å². The van der Waals surface area contributed by atoms with Crippen LogP contribution in [0.15, 0.2) is 30.3 Å². The van der Waals surface area contributed by atoms with Crippen LogP contribution in [0.1, 0.15) is 38.2 Å². The Hall–Kier alpha value is -1.39. The van der Waals surface area contributed by atoms with Crippen molar-refractivity contribution in [2.24, 2.45) is 11.7 Å². The fraction of sp³-hybridized carbons (Fsp3) is 0.632. The predicted octanol–water partition coefficient (Wildman–Crippen LogP) is 2.61. The average molecular weight is 318 g/mol. The number of hydrogen-bond acceptors (Lipinski definition) is 3. The molecule has 1 aliphatic rings. The fourth-order valence-corrected chi connectivity index (χ4v) is 3.09. The molecular weight excluding hydrogens is 288 g/mol. The minimum Gasteiger partial charge on any atom is -0.381 e. The van der Waals surface area contributed by atoms with E-state index in [0.29, 0.717) is 18.9 Å². The van der Waals surface area contributed by atoms with Crippen LogP contribution in [0.3, 0.4) is 0 Å². The van der Waals surface area contributed by atoms with Crippen molar-refractivity contribution in [2.45, 2.75) is 45.1 Å². The first kappa shape index (κ1) is 18.0. The zero-order chi connectivity index (χ0) is 16.5. The molecule has 1 fully saturated rings. The predicted molar refractivity (Wildman–Crippen MR) is 93.2 cm³/mol. The van der Waals surface area contributed by atoms with Crippen LogP contribution in [0, 0.1) is 5.92 Å². The second-order valence-electron chi connectivity index (χ2n) is 6.53. The lowest BCUT2D eigenvalue weighted by atomic mass is 9.91. The van der Waals surface area contributed by atoms with Crippen molar-refractivity contribution in [3.63, 3.8) is 0 Å². The second-order valence-corrected chi connectivity index (χ2v) is 6.53. The van der Waals surface area contributed by atoms with E-state index >= 15 is 0 Å². The molecule has 0 bridgehead atoms. The Bertz CT molecular complexity index is 454. The van der Waals surface area contributed by atoms with Gasteiger partial charge in [-0.2, -0.15) is 0 Å². The quantitative estimate of drug-likeness (QED) is 0.750. The number of benzene rings is 1. The topological polar surface area (TPSA) is 55.6 Å². The van der Waals surface area contributed by atoms with Crippen molar-refractivity contribution in [3.05, 3.63) is 35.9 Å². The molecule has 1 unspecified atom stereocenters. The molecule has 0 saturated carbocycles. The molecule has 1 saturated heterocycles. The van der Waals surface area contributed by atoms with E-state index in [0.717, 1.165) is 45.4 Å². The molecule has 1 aromatic carbocycles. The molecule has 0 spiro atoms. The molecule has 0 aromatic heterocycles. The summed E-state index contributed by atoms with van der Waals surface area (Å²) in [6, 6.07) is 10.6. The van der Waals surface area contributed by atoms with Crippen LogP contribution >= 0.6 is 0 Å². The molecule has 2 N–H and O–H groups in total. The summed E-state index contributed by atoms with van der Waals surface area (Å²) in [4.78, 5) is 14.2. The molecule has 4 heteroatoms. The highest BCUT2D eigenvalue weighted by Crippen LogP contribution is 2.20. The lowest BCUT2D eigenvalue weighted by molar-refractivity contribution is -0.133. The minimum absolute atomic E-state index is 0.241. The zero-order valence-electron chi connectivity index (χ0n) is 14.2. The molecule has 2 rings (SSSR count). The van der Waals surface area contributed by atoms with Crippen molar-refractivity contribution in [1.29, 1.82) is 0 Å². The van der Waals surface area contributed by atoms with Crippen LogP contribution in [0.2, 0.25) is 0 Å². The summed E-state index contributed by atoms with van der Waals surface area (Å²) in [5, 5.41) is 0. The van der Waals surface area contributed by atoms with Crippen molar-refractivity contribution in [2.75, 3.05) is 26.3 Å². The Morgan fingerprint density at radius 3 is 2.61 bits per heavy atom. The third kappa shape index (κ3) is 6.32. The van der Waals surface area contributed by atoms with Gasteiger partial charge >= 0.3 is 0 Å². The Morgan fingerprint density at radius 1 is 1.26 bits per heavy atom. The summed E-state index contributed by atoms with van der Waals surface area (Å²) in [7, 11) is 0. The Balaban J connectivity index is 1.52. The number of nitrogens with zero attached hydrogens (tertiary/aromatic N) is 1. The van der Waals surface area contributed by atoms with Crippen LogP contribution in [-0.4, -0.2) is 43.2 Å². The molecule has 23 heavy (non-hydrogen) atoms. The molecule has 128 valence electrons. The first-order chi connectivity index (χ1) is 11.2. The molecule has 1 aliphatic heterocycles. The van der Waals surface area contributed by atoms with Gasteiger partial charge in [0.15, 0.2) is 0 Å². The summed E-state index contributed by atoms with van der Waals surface area (Å²) < 4.78 is 5.64. The minimum atomic E-state index is 0.241. The third-order valence-corrected chi connectivity index (χ3v) is 4.69. The van der Waals surface area contributed by atoms with E-state index in [1.54, 1.807) is 0 Å². The average Bonchev–Trinajstić information content (AvgIpc) is 2.58. The van der Waals surface area contributed by atoms with E-state index in [1.165, 1.54) is 5.56 Å². The van der Waals surface area contributed by atoms with E-state index in [2.05, 4.69) is 19.1 Å². The van der Waals surface area contributed by atoms with E-state index in [9.17, 15) is 4.79 Å². The molecule has 1 aromatic rings. The van der Waals surface area contributed by atoms with Gasteiger partial charge in [0.1, 0.15) is 0 Å². The highest BCUT2D eigenvalue weighted by atomic mass is 16.5. The van der Waals surface area contributed by atoms with Gasteiger partial charge in [0.25, 0.3) is 0 Å². The van der Waals surface area contributed by atoms with Gasteiger partial charge in [-0.3, -0.25) is 4.79 Å². The number of likely N-dealkylation sites (tertiary alicyclic amines) is 1. The molecule has 1 atom stereocenters. The van der Waals surface area contributed by atoms with Crippen LogP contribution in [0.5, 0.6) is 0 Å². The molecule has 1 heterocycles. The van der Waals surface area contributed by atoms with Gasteiger partial charge in [-0.05, 0) is 44.1 Å². The first-order valence-electron chi connectivity index (χ1n) is 8.82. The number of hydrogen-bond donors (Lipinski definition) is 1. The maximum atomic E-state index is 12.2. The van der Waals surface area contributed by atoms with Gasteiger partial charge in [-0.1, -0.05) is 30.3 Å². The summed E-state index contributed by atoms with van der Waals surface area (Å²) in [5.41, 5.74) is 7.23. The van der Waals surface area contributed by atoms with Gasteiger partial charge in [-0.25, -0.2) is 0 Å². The van der Waals surface area contributed by atoms with E-state index < -0.39 is 0 Å². The summed E-state index contributed by atoms with van der Waals surface area (Å²) in [6.07, 6.45) is 4.41. The molecular formula is C19H30N2O2. The molecule has 1 amide bonds. The number of nitrogens with two attached hydrogens (primary N) is 1. The van der Waals surface area contributed by atoms with Crippen LogP contribution in [-0.2, 0) is 16.0 Å². The van der Waals surface area contributed by atoms with E-state index in [-0.39, 0.29) is 11.9 Å². The smallest absolute Gasteiger partial charge is 0.222 e. The van der Waals surface area contributed by atoms with Crippen molar-refractivity contribution < 1.29 is 9.53 Å². The lowest BCUT2D eigenvalue weighted by Crippen LogP contribution is -2.42. The van der Waals surface area contributed by atoms with Gasteiger partial charge < -0.3 is 15.4 Å². The maximum absolute atomic E-state index is 12.2. The number of amides is 1. The van der Waals surface area contributed by atoms with Crippen LogP contribution in [0.4, 0.5) is 0 Å².